The molecule has 5 rings (SSSR count). The molecule has 0 fully saturated rings. The molecule has 0 unspecified atom stereocenters. The molecule has 2 aromatic carbocycles. The lowest BCUT2D eigenvalue weighted by Crippen LogP contribution is -2.16. The lowest BCUT2D eigenvalue weighted by atomic mass is 9.90. The van der Waals surface area contributed by atoms with Gasteiger partial charge in [0.15, 0.2) is 0 Å². The van der Waals surface area contributed by atoms with E-state index in [2.05, 4.69) is 21.2 Å². The Morgan fingerprint density at radius 2 is 1.88 bits per heavy atom. The van der Waals surface area contributed by atoms with E-state index in [1.807, 2.05) is 53.2 Å². The van der Waals surface area contributed by atoms with E-state index in [9.17, 15) is 9.59 Å². The maximum absolute atomic E-state index is 12.4. The quantitative estimate of drug-likeness (QED) is 0.390. The molecule has 0 radical (unpaired) electrons. The van der Waals surface area contributed by atoms with E-state index in [4.69, 9.17) is 9.47 Å². The summed E-state index contributed by atoms with van der Waals surface area (Å²) in [4.78, 5) is 28.1. The van der Waals surface area contributed by atoms with Gasteiger partial charge in [0.2, 0.25) is 0 Å². The summed E-state index contributed by atoms with van der Waals surface area (Å²) in [6.45, 7) is 0.485. The fourth-order valence-corrected chi connectivity index (χ4v) is 4.27. The fraction of sp³-hybridized carbons (Fsp3) is 0.160. The van der Waals surface area contributed by atoms with Gasteiger partial charge in [-0.25, -0.2) is 9.89 Å². The first-order valence-corrected chi connectivity index (χ1v) is 10.5. The van der Waals surface area contributed by atoms with E-state index >= 15 is 0 Å². The molecule has 2 aliphatic heterocycles. The standard InChI is InChI=1S/C25H22N4O4/c1-32-16-9-7-15(8-10-16)19(18-11-26-22-6-4-3-5-17(18)22)12-29-13-20-23(27-28-24(20)30)21(14-29)25(31)33-2/h3-11,13-14,19,26H,12H2,1-2H3,(H,28,30)/t19-/m1/s1. The smallest absolute Gasteiger partial charge is 0.341 e. The number of carbonyl (C=O) groups excluding carboxylic acids is 1. The zero-order chi connectivity index (χ0) is 22.9. The number of nitrogens with zero attached hydrogens (tertiary/aromatic N) is 2. The second kappa shape index (κ2) is 8.31. The van der Waals surface area contributed by atoms with Gasteiger partial charge in [0.25, 0.3) is 5.56 Å². The Morgan fingerprint density at radius 1 is 1.09 bits per heavy atom. The van der Waals surface area contributed by atoms with Gasteiger partial charge in [-0.15, -0.1) is 0 Å². The lowest BCUT2D eigenvalue weighted by molar-refractivity contribution is 0.0600. The van der Waals surface area contributed by atoms with Crippen molar-refractivity contribution in [1.29, 1.82) is 0 Å². The van der Waals surface area contributed by atoms with E-state index in [0.29, 0.717) is 17.8 Å². The highest BCUT2D eigenvalue weighted by molar-refractivity contribution is 5.96. The SMILES string of the molecule is COC(=O)c1cn(C[C@H](c2ccc(OC)cc2)c2c[nH]c3ccccc23)cc2c(=O)[nH]nc1-2. The van der Waals surface area contributed by atoms with Crippen LogP contribution in [0.3, 0.4) is 0 Å². The molecule has 0 amide bonds. The Kier molecular flexibility index (Phi) is 5.18. The Morgan fingerprint density at radius 3 is 2.64 bits per heavy atom. The van der Waals surface area contributed by atoms with Crippen LogP contribution in [-0.4, -0.2) is 39.9 Å². The summed E-state index contributed by atoms with van der Waals surface area (Å²) in [6.07, 6.45) is 5.41. The van der Waals surface area contributed by atoms with Gasteiger partial charge in [-0.05, 0) is 29.3 Å². The van der Waals surface area contributed by atoms with Gasteiger partial charge < -0.3 is 19.0 Å². The number of nitrogens with one attached hydrogen (secondary N) is 2. The van der Waals surface area contributed by atoms with Gasteiger partial charge in [0.05, 0.1) is 19.8 Å². The molecule has 2 aliphatic rings. The number of aromatic nitrogens is 4. The second-order valence-electron chi connectivity index (χ2n) is 7.79. The minimum absolute atomic E-state index is 0.0676. The normalized spacial score (nSPS) is 12.2. The Hall–Kier alpha value is -4.33. The molecule has 0 bridgehead atoms. The van der Waals surface area contributed by atoms with E-state index in [1.165, 1.54) is 7.11 Å². The van der Waals surface area contributed by atoms with Gasteiger partial charge in [-0.2, -0.15) is 5.10 Å². The number of benzene rings is 2. The van der Waals surface area contributed by atoms with Crippen LogP contribution in [0.1, 0.15) is 27.4 Å². The van der Waals surface area contributed by atoms with Crippen LogP contribution in [0.15, 0.2) is 71.9 Å². The topological polar surface area (TPSA) is 102 Å². The number of pyridine rings is 1. The molecule has 3 heterocycles. The zero-order valence-electron chi connectivity index (χ0n) is 18.2. The summed E-state index contributed by atoms with van der Waals surface area (Å²) < 4.78 is 12.1. The highest BCUT2D eigenvalue weighted by atomic mass is 16.5. The number of aromatic amines is 2. The molecule has 0 aliphatic carbocycles. The van der Waals surface area contributed by atoms with Crippen molar-refractivity contribution in [2.24, 2.45) is 0 Å². The van der Waals surface area contributed by atoms with Crippen molar-refractivity contribution in [3.8, 4) is 17.0 Å². The van der Waals surface area contributed by atoms with Crippen molar-refractivity contribution in [2.75, 3.05) is 14.2 Å². The Labute approximate surface area is 189 Å². The van der Waals surface area contributed by atoms with Crippen LogP contribution < -0.4 is 10.3 Å². The number of esters is 1. The number of hydrogen-bond donors (Lipinski definition) is 2. The predicted molar refractivity (Wildman–Crippen MR) is 124 cm³/mol. The number of hydrogen-bond acceptors (Lipinski definition) is 5. The maximum Gasteiger partial charge on any atom is 0.341 e. The molecular weight excluding hydrogens is 420 g/mol. The van der Waals surface area contributed by atoms with E-state index in [-0.39, 0.29) is 17.0 Å². The van der Waals surface area contributed by atoms with Crippen molar-refractivity contribution in [3.63, 3.8) is 0 Å². The lowest BCUT2D eigenvalue weighted by Gasteiger charge is -2.21. The number of para-hydroxylation sites is 1. The molecule has 1 atom stereocenters. The van der Waals surface area contributed by atoms with Crippen molar-refractivity contribution < 1.29 is 14.3 Å². The zero-order valence-corrected chi connectivity index (χ0v) is 18.2. The molecule has 0 saturated carbocycles. The van der Waals surface area contributed by atoms with Gasteiger partial charge in [-0.3, -0.25) is 4.79 Å². The number of rotatable bonds is 6. The highest BCUT2D eigenvalue weighted by Crippen LogP contribution is 2.34. The average Bonchev–Trinajstić information content (AvgIpc) is 3.45. The monoisotopic (exact) mass is 442 g/mol. The maximum atomic E-state index is 12.4. The summed E-state index contributed by atoms with van der Waals surface area (Å²) in [7, 11) is 2.94. The van der Waals surface area contributed by atoms with Gasteiger partial charge >= 0.3 is 5.97 Å². The fourth-order valence-electron chi connectivity index (χ4n) is 4.27. The van der Waals surface area contributed by atoms with Crippen LogP contribution in [-0.2, 0) is 11.3 Å². The Balaban J connectivity index is 1.65. The summed E-state index contributed by atoms with van der Waals surface area (Å²) in [5.41, 5.74) is 3.75. The third kappa shape index (κ3) is 3.65. The first-order chi connectivity index (χ1) is 16.1. The number of methoxy groups -OCH3 is 2. The molecule has 166 valence electrons. The largest absolute Gasteiger partial charge is 0.497 e. The van der Waals surface area contributed by atoms with Crippen LogP contribution >= 0.6 is 0 Å². The number of ether oxygens (including phenoxy) is 2. The van der Waals surface area contributed by atoms with E-state index < -0.39 is 5.97 Å². The molecule has 3 aromatic rings. The van der Waals surface area contributed by atoms with Crippen LogP contribution in [0.25, 0.3) is 22.2 Å². The summed E-state index contributed by atoms with van der Waals surface area (Å²) in [6, 6.07) is 16.0. The molecule has 33 heavy (non-hydrogen) atoms. The summed E-state index contributed by atoms with van der Waals surface area (Å²) in [5, 5.41) is 7.54. The third-order valence-electron chi connectivity index (χ3n) is 5.93. The first-order valence-electron chi connectivity index (χ1n) is 10.5. The molecule has 8 heteroatoms. The highest BCUT2D eigenvalue weighted by Gasteiger charge is 2.24. The van der Waals surface area contributed by atoms with Crippen LogP contribution in [0.4, 0.5) is 0 Å². The summed E-state index contributed by atoms with van der Waals surface area (Å²) >= 11 is 0. The average molecular weight is 442 g/mol. The molecular formula is C25H22N4O4. The minimum Gasteiger partial charge on any atom is -0.497 e. The molecule has 2 N–H and O–H groups in total. The third-order valence-corrected chi connectivity index (χ3v) is 5.93. The first kappa shape index (κ1) is 20.6. The van der Waals surface area contributed by atoms with Gasteiger partial charge in [0, 0.05) is 42.0 Å². The van der Waals surface area contributed by atoms with Crippen molar-refractivity contribution in [3.05, 3.63) is 94.2 Å². The molecule has 0 spiro atoms. The van der Waals surface area contributed by atoms with Crippen molar-refractivity contribution in [2.45, 2.75) is 12.5 Å². The van der Waals surface area contributed by atoms with Crippen LogP contribution in [0.2, 0.25) is 0 Å². The number of fused-ring (bicyclic) bond motifs is 2. The Bertz CT molecular complexity index is 1460. The molecule has 1 aromatic heterocycles. The van der Waals surface area contributed by atoms with E-state index in [1.54, 1.807) is 19.5 Å². The van der Waals surface area contributed by atoms with E-state index in [0.717, 1.165) is 27.8 Å². The molecule has 8 nitrogen and oxygen atoms in total. The second-order valence-corrected chi connectivity index (χ2v) is 7.79. The van der Waals surface area contributed by atoms with Gasteiger partial charge in [0.1, 0.15) is 17.0 Å². The number of H-pyrrole nitrogens is 2. The number of carbonyl (C=O) groups is 1. The van der Waals surface area contributed by atoms with Crippen molar-refractivity contribution in [1.82, 2.24) is 19.7 Å². The van der Waals surface area contributed by atoms with Gasteiger partial charge in [-0.1, -0.05) is 30.3 Å². The van der Waals surface area contributed by atoms with Crippen molar-refractivity contribution >= 4 is 16.9 Å². The molecule has 0 saturated heterocycles. The predicted octanol–water partition coefficient (Wildman–Crippen LogP) is 3.78. The minimum atomic E-state index is -0.547. The van der Waals surface area contributed by atoms with Crippen LogP contribution in [0, 0.1) is 0 Å². The van der Waals surface area contributed by atoms with Crippen LogP contribution in [0.5, 0.6) is 5.75 Å². The summed E-state index contributed by atoms with van der Waals surface area (Å²) in [5.74, 6) is 0.156.